The number of aromatic nitrogens is 3. The molecule has 1 N–H and O–H groups in total. The average molecular weight is 280 g/mol. The van der Waals surface area contributed by atoms with Gasteiger partial charge in [-0.3, -0.25) is 14.5 Å². The van der Waals surface area contributed by atoms with E-state index in [2.05, 4.69) is 15.5 Å². The van der Waals surface area contributed by atoms with Crippen LogP contribution in [0.25, 0.3) is 5.65 Å². The molecular weight excluding hydrogens is 264 g/mol. The van der Waals surface area contributed by atoms with Crippen molar-refractivity contribution in [2.45, 2.75) is 19.3 Å². The third-order valence-electron chi connectivity index (χ3n) is 3.60. The van der Waals surface area contributed by atoms with Crippen molar-refractivity contribution in [1.82, 2.24) is 14.6 Å². The number of carbonyl (C=O) groups excluding carboxylic acids is 1. The van der Waals surface area contributed by atoms with Crippen molar-refractivity contribution < 1.29 is 4.79 Å². The van der Waals surface area contributed by atoms with Crippen LogP contribution in [-0.2, 0) is 10.2 Å². The molecule has 0 saturated heterocycles. The normalized spacial score (nSPS) is 11.5. The molecule has 0 spiro atoms. The first-order chi connectivity index (χ1) is 10.1. The summed E-state index contributed by atoms with van der Waals surface area (Å²) in [5.41, 5.74) is 1.00. The van der Waals surface area contributed by atoms with Gasteiger partial charge in [0.1, 0.15) is 0 Å². The molecule has 0 aliphatic heterocycles. The molecule has 3 rings (SSSR count). The van der Waals surface area contributed by atoms with Crippen molar-refractivity contribution in [1.29, 1.82) is 0 Å². The van der Waals surface area contributed by atoms with Gasteiger partial charge in [-0.2, -0.15) is 0 Å². The molecule has 0 radical (unpaired) electrons. The standard InChI is InChI=1S/C16H16N4O/c1-16(2,12-8-4-3-5-9-12)14(21)17-15-19-18-13-10-6-7-11-20(13)15/h3-11H,1-2H3,(H,17,19,21). The van der Waals surface area contributed by atoms with Crippen molar-refractivity contribution in [2.75, 3.05) is 5.32 Å². The van der Waals surface area contributed by atoms with Gasteiger partial charge in [-0.25, -0.2) is 0 Å². The monoisotopic (exact) mass is 280 g/mol. The first-order valence-corrected chi connectivity index (χ1v) is 6.76. The lowest BCUT2D eigenvalue weighted by molar-refractivity contribution is -0.120. The number of amides is 1. The van der Waals surface area contributed by atoms with Gasteiger partial charge in [-0.15, -0.1) is 10.2 Å². The van der Waals surface area contributed by atoms with Crippen LogP contribution < -0.4 is 5.32 Å². The first kappa shape index (κ1) is 13.3. The molecule has 21 heavy (non-hydrogen) atoms. The van der Waals surface area contributed by atoms with Crippen LogP contribution in [0.4, 0.5) is 5.95 Å². The summed E-state index contributed by atoms with van der Waals surface area (Å²) < 4.78 is 1.75. The van der Waals surface area contributed by atoms with E-state index in [0.29, 0.717) is 11.6 Å². The largest absolute Gasteiger partial charge is 0.294 e. The van der Waals surface area contributed by atoms with E-state index >= 15 is 0 Å². The van der Waals surface area contributed by atoms with E-state index in [9.17, 15) is 4.79 Å². The van der Waals surface area contributed by atoms with Gasteiger partial charge in [0.15, 0.2) is 5.65 Å². The lowest BCUT2D eigenvalue weighted by Gasteiger charge is -2.23. The molecule has 0 aliphatic carbocycles. The molecule has 0 fully saturated rings. The molecule has 106 valence electrons. The Morgan fingerprint density at radius 1 is 1.05 bits per heavy atom. The summed E-state index contributed by atoms with van der Waals surface area (Å²) in [6, 6.07) is 15.3. The molecule has 2 heterocycles. The van der Waals surface area contributed by atoms with Crippen molar-refractivity contribution >= 4 is 17.5 Å². The van der Waals surface area contributed by atoms with Gasteiger partial charge in [0.05, 0.1) is 5.41 Å². The second-order valence-corrected chi connectivity index (χ2v) is 5.40. The second-order valence-electron chi connectivity index (χ2n) is 5.40. The van der Waals surface area contributed by atoms with Crippen molar-refractivity contribution in [3.8, 4) is 0 Å². The molecule has 0 aliphatic rings. The Hall–Kier alpha value is -2.69. The Balaban J connectivity index is 1.89. The number of pyridine rings is 1. The van der Waals surface area contributed by atoms with Gasteiger partial charge in [0, 0.05) is 6.20 Å². The fourth-order valence-electron chi connectivity index (χ4n) is 2.17. The molecule has 5 heteroatoms. The Labute approximate surface area is 122 Å². The van der Waals surface area contributed by atoms with Crippen LogP contribution in [0, 0.1) is 0 Å². The fraction of sp³-hybridized carbons (Fsp3) is 0.188. The SMILES string of the molecule is CC(C)(C(=O)Nc1nnc2ccccn12)c1ccccc1. The van der Waals surface area contributed by atoms with Crippen molar-refractivity contribution in [2.24, 2.45) is 0 Å². The van der Waals surface area contributed by atoms with Crippen LogP contribution in [0.1, 0.15) is 19.4 Å². The van der Waals surface area contributed by atoms with E-state index in [1.165, 1.54) is 0 Å². The Morgan fingerprint density at radius 2 is 1.76 bits per heavy atom. The zero-order valence-corrected chi connectivity index (χ0v) is 11.9. The van der Waals surface area contributed by atoms with E-state index in [-0.39, 0.29) is 5.91 Å². The van der Waals surface area contributed by atoms with Crippen molar-refractivity contribution in [3.05, 3.63) is 60.3 Å². The summed E-state index contributed by atoms with van der Waals surface area (Å²) in [5.74, 6) is 0.312. The minimum atomic E-state index is -0.651. The van der Waals surface area contributed by atoms with E-state index in [1.54, 1.807) is 4.40 Å². The minimum Gasteiger partial charge on any atom is -0.294 e. The highest BCUT2D eigenvalue weighted by Crippen LogP contribution is 2.24. The summed E-state index contributed by atoms with van der Waals surface area (Å²) in [5, 5.41) is 10.9. The third-order valence-corrected chi connectivity index (χ3v) is 3.60. The maximum Gasteiger partial charge on any atom is 0.236 e. The maximum atomic E-state index is 12.6. The molecule has 1 aromatic carbocycles. The second kappa shape index (κ2) is 5.01. The summed E-state index contributed by atoms with van der Waals surface area (Å²) in [4.78, 5) is 12.6. The topological polar surface area (TPSA) is 59.3 Å². The minimum absolute atomic E-state index is 0.119. The van der Waals surface area contributed by atoms with Gasteiger partial charge < -0.3 is 0 Å². The van der Waals surface area contributed by atoms with Gasteiger partial charge in [0.25, 0.3) is 0 Å². The number of hydrogen-bond acceptors (Lipinski definition) is 3. The summed E-state index contributed by atoms with van der Waals surface area (Å²) in [6.45, 7) is 3.78. The number of anilines is 1. The predicted molar refractivity (Wildman–Crippen MR) is 81.1 cm³/mol. The number of carbonyl (C=O) groups is 1. The average Bonchev–Trinajstić information content (AvgIpc) is 2.91. The molecule has 0 unspecified atom stereocenters. The summed E-state index contributed by atoms with van der Waals surface area (Å²) in [6.07, 6.45) is 1.82. The lowest BCUT2D eigenvalue weighted by atomic mass is 9.84. The highest BCUT2D eigenvalue weighted by molar-refractivity contribution is 5.97. The molecular formula is C16H16N4O. The summed E-state index contributed by atoms with van der Waals surface area (Å²) >= 11 is 0. The van der Waals surface area contributed by atoms with E-state index in [1.807, 2.05) is 68.6 Å². The van der Waals surface area contributed by atoms with Gasteiger partial charge >= 0.3 is 0 Å². The Morgan fingerprint density at radius 3 is 2.52 bits per heavy atom. The Bertz CT molecular complexity index is 777. The quantitative estimate of drug-likeness (QED) is 0.802. The molecule has 0 atom stereocenters. The zero-order valence-electron chi connectivity index (χ0n) is 11.9. The van der Waals surface area contributed by atoms with Crippen LogP contribution in [-0.4, -0.2) is 20.5 Å². The molecule has 1 amide bonds. The van der Waals surface area contributed by atoms with Crippen LogP contribution in [0.15, 0.2) is 54.7 Å². The van der Waals surface area contributed by atoms with Crippen molar-refractivity contribution in [3.63, 3.8) is 0 Å². The van der Waals surface area contributed by atoms with Gasteiger partial charge in [-0.05, 0) is 31.5 Å². The molecule has 2 aromatic heterocycles. The van der Waals surface area contributed by atoms with E-state index in [0.717, 1.165) is 5.56 Å². The third kappa shape index (κ3) is 2.38. The number of hydrogen-bond donors (Lipinski definition) is 1. The van der Waals surface area contributed by atoms with Crippen LogP contribution in [0.3, 0.4) is 0 Å². The van der Waals surface area contributed by atoms with Gasteiger partial charge in [-0.1, -0.05) is 36.4 Å². The highest BCUT2D eigenvalue weighted by Gasteiger charge is 2.30. The van der Waals surface area contributed by atoms with Crippen LogP contribution >= 0.6 is 0 Å². The number of benzene rings is 1. The van der Waals surface area contributed by atoms with E-state index < -0.39 is 5.41 Å². The number of nitrogens with one attached hydrogen (secondary N) is 1. The molecule has 5 nitrogen and oxygen atoms in total. The van der Waals surface area contributed by atoms with Gasteiger partial charge in [0.2, 0.25) is 11.9 Å². The smallest absolute Gasteiger partial charge is 0.236 e. The lowest BCUT2D eigenvalue weighted by Crippen LogP contribution is -2.35. The van der Waals surface area contributed by atoms with Crippen LogP contribution in [0.5, 0.6) is 0 Å². The number of fused-ring (bicyclic) bond motifs is 1. The molecule has 0 bridgehead atoms. The highest BCUT2D eigenvalue weighted by atomic mass is 16.2. The first-order valence-electron chi connectivity index (χ1n) is 6.76. The Kier molecular flexibility index (Phi) is 3.17. The molecule has 3 aromatic rings. The van der Waals surface area contributed by atoms with E-state index in [4.69, 9.17) is 0 Å². The summed E-state index contributed by atoms with van der Waals surface area (Å²) in [7, 11) is 0. The maximum absolute atomic E-state index is 12.6. The number of rotatable bonds is 3. The predicted octanol–water partition coefficient (Wildman–Crippen LogP) is 2.65. The number of nitrogens with zero attached hydrogens (tertiary/aromatic N) is 3. The zero-order chi connectivity index (χ0) is 14.9. The van der Waals surface area contributed by atoms with Crippen LogP contribution in [0.2, 0.25) is 0 Å². The molecule has 0 saturated carbocycles. The fourth-order valence-corrected chi connectivity index (χ4v) is 2.17.